The summed E-state index contributed by atoms with van der Waals surface area (Å²) in [6.45, 7) is 1.20. The average molecular weight is 546 g/mol. The molecule has 0 atom stereocenters. The molecule has 39 heavy (non-hydrogen) atoms. The number of carbonyl (C=O) groups excluding carboxylic acids is 2. The smallest absolute Gasteiger partial charge is 0.385 e. The summed E-state index contributed by atoms with van der Waals surface area (Å²) in [5.41, 5.74) is 9.35. The van der Waals surface area contributed by atoms with Crippen LogP contribution >= 0.6 is 0 Å². The molecule has 0 unspecified atom stereocenters. The van der Waals surface area contributed by atoms with Crippen LogP contribution in [0.1, 0.15) is 58.6 Å². The number of nitrogens with two attached hydrogens (primary N) is 2. The first kappa shape index (κ1) is 28.4. The number of hydrazone groups is 1. The Bertz CT molecular complexity index is 1170. The third-order valence-electron chi connectivity index (χ3n) is 7.39. The van der Waals surface area contributed by atoms with E-state index in [1.54, 1.807) is 0 Å². The Morgan fingerprint density at radius 2 is 1.72 bits per heavy atom. The molecular formula is C27H34F3N7O2. The van der Waals surface area contributed by atoms with Gasteiger partial charge < -0.3 is 16.4 Å². The van der Waals surface area contributed by atoms with E-state index in [-0.39, 0.29) is 24.1 Å². The van der Waals surface area contributed by atoms with Crippen LogP contribution in [0.2, 0.25) is 0 Å². The second-order valence-electron chi connectivity index (χ2n) is 10.1. The fraction of sp³-hybridized carbons (Fsp3) is 0.444. The van der Waals surface area contributed by atoms with Crippen molar-refractivity contribution in [3.05, 3.63) is 70.8 Å². The van der Waals surface area contributed by atoms with Crippen molar-refractivity contribution in [3.8, 4) is 0 Å². The maximum Gasteiger partial charge on any atom is 0.416 e. The second kappa shape index (κ2) is 12.5. The SMILES string of the molecule is NN/N=C(\N)Cc1ccc(C2CCC(N3CC(NC(=O)CNC(=O)c4cccc(C(F)(F)F)c4)C3)CC2)cc1. The molecule has 1 saturated carbocycles. The van der Waals surface area contributed by atoms with E-state index in [9.17, 15) is 22.8 Å². The molecule has 0 aromatic heterocycles. The molecule has 0 bridgehead atoms. The number of hydrazine groups is 1. The zero-order valence-corrected chi connectivity index (χ0v) is 21.5. The van der Waals surface area contributed by atoms with E-state index < -0.39 is 17.6 Å². The van der Waals surface area contributed by atoms with Gasteiger partial charge in [0.2, 0.25) is 5.91 Å². The largest absolute Gasteiger partial charge is 0.416 e. The molecule has 2 amide bonds. The number of hydrogen-bond acceptors (Lipinski definition) is 6. The van der Waals surface area contributed by atoms with Gasteiger partial charge in [-0.1, -0.05) is 30.3 Å². The Hall–Kier alpha value is -3.64. The van der Waals surface area contributed by atoms with Gasteiger partial charge >= 0.3 is 6.18 Å². The lowest BCUT2D eigenvalue weighted by Crippen LogP contribution is -2.63. The molecular weight excluding hydrogens is 511 g/mol. The number of carbonyl (C=O) groups is 2. The molecule has 2 fully saturated rings. The van der Waals surface area contributed by atoms with Gasteiger partial charge in [0.15, 0.2) is 0 Å². The molecule has 4 rings (SSSR count). The number of nitrogens with zero attached hydrogens (tertiary/aromatic N) is 2. The highest BCUT2D eigenvalue weighted by molar-refractivity contribution is 5.96. The Kier molecular flexibility index (Phi) is 9.08. The summed E-state index contributed by atoms with van der Waals surface area (Å²) in [5, 5.41) is 9.05. The van der Waals surface area contributed by atoms with Crippen molar-refractivity contribution in [2.45, 2.75) is 56.3 Å². The van der Waals surface area contributed by atoms with Gasteiger partial charge in [-0.15, -0.1) is 0 Å². The quantitative estimate of drug-likeness (QED) is 0.142. The van der Waals surface area contributed by atoms with Crippen molar-refractivity contribution >= 4 is 17.6 Å². The number of hydrogen-bond donors (Lipinski definition) is 5. The van der Waals surface area contributed by atoms with Crippen molar-refractivity contribution in [1.82, 2.24) is 21.1 Å². The van der Waals surface area contributed by atoms with Crippen LogP contribution in [0.4, 0.5) is 13.2 Å². The molecule has 12 heteroatoms. The monoisotopic (exact) mass is 545 g/mol. The Morgan fingerprint density at radius 1 is 1.03 bits per heavy atom. The number of amides is 2. The predicted molar refractivity (Wildman–Crippen MR) is 141 cm³/mol. The van der Waals surface area contributed by atoms with Gasteiger partial charge in [0.1, 0.15) is 5.84 Å². The minimum Gasteiger partial charge on any atom is -0.385 e. The van der Waals surface area contributed by atoms with Gasteiger partial charge in [-0.3, -0.25) is 14.5 Å². The first-order valence-corrected chi connectivity index (χ1v) is 13.0. The Labute approximate surface area is 225 Å². The van der Waals surface area contributed by atoms with Crippen LogP contribution in [0.15, 0.2) is 53.6 Å². The minimum atomic E-state index is -4.54. The molecule has 2 aliphatic rings. The molecule has 1 saturated heterocycles. The number of alkyl halides is 3. The zero-order chi connectivity index (χ0) is 28.0. The van der Waals surface area contributed by atoms with Crippen molar-refractivity contribution in [1.29, 1.82) is 0 Å². The third-order valence-corrected chi connectivity index (χ3v) is 7.39. The van der Waals surface area contributed by atoms with Crippen LogP contribution in [0.3, 0.4) is 0 Å². The molecule has 2 aromatic rings. The maximum atomic E-state index is 12.9. The van der Waals surface area contributed by atoms with Crippen molar-refractivity contribution in [3.63, 3.8) is 0 Å². The summed E-state index contributed by atoms with van der Waals surface area (Å²) in [4.78, 5) is 26.8. The van der Waals surface area contributed by atoms with Crippen LogP contribution in [-0.4, -0.2) is 54.3 Å². The summed E-state index contributed by atoms with van der Waals surface area (Å²) in [5.74, 6) is 5.01. The number of rotatable bonds is 9. The van der Waals surface area contributed by atoms with E-state index in [1.807, 2.05) is 0 Å². The van der Waals surface area contributed by atoms with Gasteiger partial charge in [0.25, 0.3) is 5.91 Å². The highest BCUT2D eigenvalue weighted by atomic mass is 19.4. The van der Waals surface area contributed by atoms with Crippen molar-refractivity contribution < 1.29 is 22.8 Å². The van der Waals surface area contributed by atoms with E-state index in [2.05, 4.69) is 50.4 Å². The van der Waals surface area contributed by atoms with Crippen LogP contribution in [-0.2, 0) is 17.4 Å². The second-order valence-corrected chi connectivity index (χ2v) is 10.1. The van der Waals surface area contributed by atoms with Gasteiger partial charge in [0, 0.05) is 31.1 Å². The third kappa shape index (κ3) is 7.70. The normalized spacial score (nSPS) is 20.7. The summed E-state index contributed by atoms with van der Waals surface area (Å²) in [7, 11) is 0. The van der Waals surface area contributed by atoms with E-state index in [0.29, 0.717) is 24.2 Å². The van der Waals surface area contributed by atoms with E-state index >= 15 is 0 Å². The highest BCUT2D eigenvalue weighted by Gasteiger charge is 2.35. The number of nitrogens with one attached hydrogen (secondary N) is 3. The van der Waals surface area contributed by atoms with Gasteiger partial charge in [0.05, 0.1) is 18.2 Å². The standard InChI is InChI=1S/C27H34F3N7O2/c28-27(29,30)21-3-1-2-20(13-21)26(39)33-14-25(38)34-22-15-37(16-22)23-10-8-19(9-11-23)18-6-4-17(5-7-18)12-24(31)35-36-32/h1-7,13,19,22-23,36H,8-12,14-16,32H2,(H2,31,35)(H,33,39)(H,34,38). The lowest BCUT2D eigenvalue weighted by Gasteiger charge is -2.46. The first-order chi connectivity index (χ1) is 18.6. The van der Waals surface area contributed by atoms with E-state index in [4.69, 9.17) is 11.6 Å². The lowest BCUT2D eigenvalue weighted by atomic mass is 9.80. The number of benzene rings is 2. The minimum absolute atomic E-state index is 0.00123. The molecule has 1 aliphatic carbocycles. The summed E-state index contributed by atoms with van der Waals surface area (Å²) < 4.78 is 38.6. The topological polar surface area (TPSA) is 138 Å². The number of amidine groups is 1. The molecule has 1 heterocycles. The van der Waals surface area contributed by atoms with Crippen LogP contribution < -0.4 is 27.7 Å². The van der Waals surface area contributed by atoms with Crippen molar-refractivity contribution in [2.75, 3.05) is 19.6 Å². The highest BCUT2D eigenvalue weighted by Crippen LogP contribution is 2.36. The molecule has 0 radical (unpaired) electrons. The molecule has 9 nitrogen and oxygen atoms in total. The summed E-state index contributed by atoms with van der Waals surface area (Å²) in [6.07, 6.45) is 0.359. The number of likely N-dealkylation sites (tertiary alicyclic amines) is 1. The number of halogens is 3. The molecule has 210 valence electrons. The predicted octanol–water partition coefficient (Wildman–Crippen LogP) is 2.24. The average Bonchev–Trinajstić information content (AvgIpc) is 2.89. The zero-order valence-electron chi connectivity index (χ0n) is 21.5. The lowest BCUT2D eigenvalue weighted by molar-refractivity contribution is -0.137. The first-order valence-electron chi connectivity index (χ1n) is 13.0. The molecule has 1 aliphatic heterocycles. The van der Waals surface area contributed by atoms with Crippen LogP contribution in [0.25, 0.3) is 0 Å². The maximum absolute atomic E-state index is 12.9. The fourth-order valence-electron chi connectivity index (χ4n) is 5.29. The molecule has 0 spiro atoms. The van der Waals surface area contributed by atoms with E-state index in [1.165, 1.54) is 17.7 Å². The molecule has 2 aromatic carbocycles. The molecule has 7 N–H and O–H groups in total. The fourth-order valence-corrected chi connectivity index (χ4v) is 5.29. The summed E-state index contributed by atoms with van der Waals surface area (Å²) in [6, 6.07) is 13.1. The van der Waals surface area contributed by atoms with Crippen LogP contribution in [0, 0.1) is 0 Å². The van der Waals surface area contributed by atoms with Gasteiger partial charge in [-0.2, -0.15) is 18.3 Å². The van der Waals surface area contributed by atoms with Gasteiger partial charge in [-0.25, -0.2) is 11.4 Å². The van der Waals surface area contributed by atoms with Gasteiger partial charge in [-0.05, 0) is 60.9 Å². The Morgan fingerprint density at radius 3 is 2.36 bits per heavy atom. The van der Waals surface area contributed by atoms with Crippen LogP contribution in [0.5, 0.6) is 0 Å². The van der Waals surface area contributed by atoms with E-state index in [0.717, 1.165) is 56.5 Å². The van der Waals surface area contributed by atoms with Crippen molar-refractivity contribution in [2.24, 2.45) is 16.7 Å². The summed E-state index contributed by atoms with van der Waals surface area (Å²) >= 11 is 0. The Balaban J connectivity index is 1.14.